The number of unbranched alkanes of at least 4 members (excludes halogenated alkanes) is 18. The third kappa shape index (κ3) is 39.9. The molecule has 320 valence electrons. The van der Waals surface area contributed by atoms with E-state index in [4.69, 9.17) is 18.5 Å². The molecule has 0 amide bonds. The molecule has 0 aliphatic rings. The number of phosphoric acid groups is 1. The number of quaternary nitrogens is 1. The lowest BCUT2D eigenvalue weighted by Gasteiger charge is -2.24. The zero-order chi connectivity index (χ0) is 40.9. The molecule has 0 aromatic heterocycles. The largest absolute Gasteiger partial charge is 0.472 e. The maximum Gasteiger partial charge on any atom is 0.472 e. The van der Waals surface area contributed by atoms with Crippen LogP contribution in [-0.2, 0) is 37.5 Å². The molecule has 0 radical (unpaired) electrons. The predicted molar refractivity (Wildman–Crippen MR) is 225 cm³/mol. The van der Waals surface area contributed by atoms with Gasteiger partial charge in [0.1, 0.15) is 19.8 Å². The van der Waals surface area contributed by atoms with Crippen LogP contribution in [0.4, 0.5) is 0 Å². The van der Waals surface area contributed by atoms with Gasteiger partial charge in [-0.15, -0.1) is 0 Å². The van der Waals surface area contributed by atoms with Crippen LogP contribution in [-0.4, -0.2) is 80.7 Å². The van der Waals surface area contributed by atoms with Gasteiger partial charge in [-0.25, -0.2) is 4.57 Å². The number of hydrogen-bond acceptors (Lipinski definition) is 8. The topological polar surface area (TPSA) is 125 Å². The summed E-state index contributed by atoms with van der Waals surface area (Å²) in [5.41, 5.74) is 0. The number of ketones is 1. The molecule has 0 aliphatic carbocycles. The molecule has 0 aromatic carbocycles. The van der Waals surface area contributed by atoms with Crippen LogP contribution in [0, 0.1) is 0 Å². The maximum atomic E-state index is 12.7. The highest BCUT2D eigenvalue weighted by molar-refractivity contribution is 7.47. The Kier molecular flexibility index (Phi) is 34.9. The van der Waals surface area contributed by atoms with E-state index in [-0.39, 0.29) is 31.8 Å². The molecule has 0 aliphatic heterocycles. The lowest BCUT2D eigenvalue weighted by Crippen LogP contribution is -2.37. The Morgan fingerprint density at radius 2 is 1.09 bits per heavy atom. The highest BCUT2D eigenvalue weighted by Crippen LogP contribution is 2.43. The van der Waals surface area contributed by atoms with Crippen LogP contribution in [0.1, 0.15) is 174 Å². The Morgan fingerprint density at radius 1 is 0.600 bits per heavy atom. The number of nitrogens with zero attached hydrogens (tertiary/aromatic N) is 1. The molecule has 0 fully saturated rings. The van der Waals surface area contributed by atoms with Gasteiger partial charge in [0.25, 0.3) is 0 Å². The van der Waals surface area contributed by atoms with E-state index >= 15 is 0 Å². The first kappa shape index (κ1) is 52.9. The molecule has 0 bridgehead atoms. The average Bonchev–Trinajstić information content (AvgIpc) is 3.12. The van der Waals surface area contributed by atoms with Gasteiger partial charge in [0.15, 0.2) is 11.9 Å². The molecule has 0 aromatic rings. The van der Waals surface area contributed by atoms with E-state index in [0.29, 0.717) is 30.3 Å². The average molecular weight is 799 g/mol. The van der Waals surface area contributed by atoms with Crippen LogP contribution >= 0.6 is 7.82 Å². The molecule has 2 atom stereocenters. The molecular weight excluding hydrogens is 717 g/mol. The van der Waals surface area contributed by atoms with Gasteiger partial charge in [-0.05, 0) is 63.9 Å². The molecule has 55 heavy (non-hydrogen) atoms. The Bertz CT molecular complexity index is 1100. The van der Waals surface area contributed by atoms with Gasteiger partial charge in [0, 0.05) is 19.3 Å². The lowest BCUT2D eigenvalue weighted by atomic mass is 10.1. The first-order valence-electron chi connectivity index (χ1n) is 21.7. The third-order valence-corrected chi connectivity index (χ3v) is 10.1. The van der Waals surface area contributed by atoms with Gasteiger partial charge >= 0.3 is 19.8 Å². The van der Waals surface area contributed by atoms with Crippen LogP contribution in [0.2, 0.25) is 0 Å². The van der Waals surface area contributed by atoms with Crippen LogP contribution in [0.5, 0.6) is 0 Å². The van der Waals surface area contributed by atoms with E-state index in [0.717, 1.165) is 57.8 Å². The minimum atomic E-state index is -4.40. The lowest BCUT2D eigenvalue weighted by molar-refractivity contribution is -0.870. The van der Waals surface area contributed by atoms with Gasteiger partial charge in [0.2, 0.25) is 0 Å². The molecule has 0 saturated carbocycles. The molecule has 0 heterocycles. The minimum absolute atomic E-state index is 0.0111. The van der Waals surface area contributed by atoms with E-state index in [1.165, 1.54) is 70.6 Å². The number of esters is 2. The van der Waals surface area contributed by atoms with Crippen molar-refractivity contribution in [1.29, 1.82) is 0 Å². The summed E-state index contributed by atoms with van der Waals surface area (Å²) in [6.45, 7) is 4.21. The Morgan fingerprint density at radius 3 is 1.69 bits per heavy atom. The number of carbonyl (C=O) groups is 3. The second-order valence-corrected chi connectivity index (χ2v) is 17.2. The quantitative estimate of drug-likeness (QED) is 0.0123. The SMILES string of the molecule is CCCCC/C=C\C=C\C(=O)CCCCCCCC(=O)OC[C@H](COP(=O)(O)OCC[N+](C)(C)C)OC(=O)CCCCCCCCC/C=C\CCCCCC. The number of carbonyl (C=O) groups excluding carboxylic acids is 3. The van der Waals surface area contributed by atoms with Gasteiger partial charge in [-0.3, -0.25) is 23.4 Å². The van der Waals surface area contributed by atoms with E-state index in [1.807, 2.05) is 33.3 Å². The Hall–Kier alpha value is -2.10. The van der Waals surface area contributed by atoms with Crippen LogP contribution in [0.3, 0.4) is 0 Å². The number of hydrogen-bond donors (Lipinski definition) is 1. The fourth-order valence-electron chi connectivity index (χ4n) is 5.64. The summed E-state index contributed by atoms with van der Waals surface area (Å²) in [5, 5.41) is 0. The summed E-state index contributed by atoms with van der Waals surface area (Å²) in [5.74, 6) is -0.770. The van der Waals surface area contributed by atoms with E-state index in [1.54, 1.807) is 6.08 Å². The van der Waals surface area contributed by atoms with E-state index in [9.17, 15) is 23.8 Å². The van der Waals surface area contributed by atoms with Crippen LogP contribution < -0.4 is 0 Å². The summed E-state index contributed by atoms with van der Waals surface area (Å²) in [7, 11) is 1.40. The van der Waals surface area contributed by atoms with Crippen molar-refractivity contribution in [3.63, 3.8) is 0 Å². The summed E-state index contributed by atoms with van der Waals surface area (Å²) < 4.78 is 34.2. The Labute approximate surface area is 336 Å². The number of ether oxygens (including phenoxy) is 2. The minimum Gasteiger partial charge on any atom is -0.462 e. The molecular formula is C44H81NO9P+. The van der Waals surface area contributed by atoms with E-state index < -0.39 is 32.5 Å². The van der Waals surface area contributed by atoms with Crippen LogP contribution in [0.25, 0.3) is 0 Å². The highest BCUT2D eigenvalue weighted by atomic mass is 31.2. The summed E-state index contributed by atoms with van der Waals surface area (Å²) >= 11 is 0. The zero-order valence-corrected chi connectivity index (χ0v) is 36.5. The van der Waals surface area contributed by atoms with E-state index in [2.05, 4.69) is 32.1 Å². The molecule has 0 spiro atoms. The fraction of sp³-hybridized carbons (Fsp3) is 0.795. The standard InChI is InChI=1S/C44H80NO9P/c1-6-8-10-12-14-15-16-17-18-19-20-21-23-27-32-36-44(48)54-42(40-53-55(49,50)52-38-37-45(3,4)5)39-51-43(47)35-31-28-24-26-30-34-41(46)33-29-25-22-13-11-9-7-2/h15-16,22,25,29,33,42H,6-14,17-21,23-24,26-28,30-32,34-40H2,1-5H3/p+1/b16-15-,25-22-,33-29+/t42-/m1/s1. The van der Waals surface area contributed by atoms with Crippen molar-refractivity contribution in [2.75, 3.05) is 47.5 Å². The van der Waals surface area contributed by atoms with Crippen molar-refractivity contribution in [2.45, 2.75) is 180 Å². The molecule has 11 heteroatoms. The second kappa shape index (κ2) is 36.3. The third-order valence-electron chi connectivity index (χ3n) is 9.12. The summed E-state index contributed by atoms with van der Waals surface area (Å²) in [6.07, 6.45) is 35.8. The van der Waals surface area contributed by atoms with Crippen molar-refractivity contribution in [3.8, 4) is 0 Å². The van der Waals surface area contributed by atoms with Crippen molar-refractivity contribution < 1.29 is 46.8 Å². The summed E-state index contributed by atoms with van der Waals surface area (Å²) in [4.78, 5) is 47.4. The first-order chi connectivity index (χ1) is 26.4. The fourth-order valence-corrected chi connectivity index (χ4v) is 6.38. The first-order valence-corrected chi connectivity index (χ1v) is 23.2. The highest BCUT2D eigenvalue weighted by Gasteiger charge is 2.27. The number of phosphoric ester groups is 1. The molecule has 1 N–H and O–H groups in total. The number of likely N-dealkylation sites (N-methyl/N-ethyl adjacent to an activating group) is 1. The Balaban J connectivity index is 4.46. The van der Waals surface area contributed by atoms with Crippen molar-refractivity contribution >= 4 is 25.5 Å². The predicted octanol–water partition coefficient (Wildman–Crippen LogP) is 11.3. The smallest absolute Gasteiger partial charge is 0.462 e. The summed E-state index contributed by atoms with van der Waals surface area (Å²) in [6, 6.07) is 0. The number of rotatable bonds is 39. The molecule has 0 saturated heterocycles. The monoisotopic (exact) mass is 799 g/mol. The maximum absolute atomic E-state index is 12.7. The molecule has 0 rings (SSSR count). The van der Waals surface area contributed by atoms with Crippen molar-refractivity contribution in [2.24, 2.45) is 0 Å². The van der Waals surface area contributed by atoms with Crippen molar-refractivity contribution in [1.82, 2.24) is 0 Å². The normalized spacial score (nSPS) is 13.9. The second-order valence-electron chi connectivity index (χ2n) is 15.8. The van der Waals surface area contributed by atoms with Gasteiger partial charge in [0.05, 0.1) is 27.7 Å². The molecule has 10 nitrogen and oxygen atoms in total. The van der Waals surface area contributed by atoms with Gasteiger partial charge in [-0.1, -0.05) is 128 Å². The zero-order valence-electron chi connectivity index (χ0n) is 35.7. The van der Waals surface area contributed by atoms with Crippen LogP contribution in [0.15, 0.2) is 36.5 Å². The van der Waals surface area contributed by atoms with Crippen molar-refractivity contribution in [3.05, 3.63) is 36.5 Å². The molecule has 1 unspecified atom stereocenters. The van der Waals surface area contributed by atoms with Gasteiger partial charge < -0.3 is 18.9 Å². The number of allylic oxidation sites excluding steroid dienone is 6. The van der Waals surface area contributed by atoms with Gasteiger partial charge in [-0.2, -0.15) is 0 Å².